The van der Waals surface area contributed by atoms with Gasteiger partial charge in [0.1, 0.15) is 11.5 Å². The highest BCUT2D eigenvalue weighted by atomic mass is 32.2. The van der Waals surface area contributed by atoms with E-state index >= 15 is 0 Å². The Labute approximate surface area is 122 Å². The maximum Gasteiger partial charge on any atom is 0.307 e. The molecule has 0 aliphatic heterocycles. The quantitative estimate of drug-likeness (QED) is 0.769. The van der Waals surface area contributed by atoms with Crippen LogP contribution in [0.25, 0.3) is 0 Å². The number of nitrogens with one attached hydrogen (secondary N) is 1. The molecule has 21 heavy (non-hydrogen) atoms. The van der Waals surface area contributed by atoms with Crippen LogP contribution in [0.1, 0.15) is 6.92 Å². The van der Waals surface area contributed by atoms with Crippen LogP contribution in [0.4, 0.5) is 5.69 Å². The van der Waals surface area contributed by atoms with Crippen molar-refractivity contribution >= 4 is 27.4 Å². The molecule has 1 unspecified atom stereocenters. The molecule has 1 aromatic rings. The standard InChI is InChI=1S/C13H17NO6S/c1-9(13(16)17)7-21(18,19)8-12(15)14-10-4-3-5-11(6-10)20-2/h3-6,9H,7-8H2,1-2H3,(H,14,15)(H,16,17). The first-order valence-corrected chi connectivity index (χ1v) is 7.93. The molecule has 0 saturated heterocycles. The predicted octanol–water partition coefficient (Wildman–Crippen LogP) is 0.769. The number of benzene rings is 1. The summed E-state index contributed by atoms with van der Waals surface area (Å²) < 4.78 is 28.4. The molecule has 0 saturated carbocycles. The second kappa shape index (κ2) is 7.07. The molecule has 0 radical (unpaired) electrons. The van der Waals surface area contributed by atoms with Crippen molar-refractivity contribution in [3.05, 3.63) is 24.3 Å². The van der Waals surface area contributed by atoms with Crippen molar-refractivity contribution in [2.24, 2.45) is 5.92 Å². The van der Waals surface area contributed by atoms with Crippen LogP contribution < -0.4 is 10.1 Å². The number of methoxy groups -OCH3 is 1. The number of rotatable bonds is 7. The zero-order chi connectivity index (χ0) is 16.0. The lowest BCUT2D eigenvalue weighted by Gasteiger charge is -2.09. The summed E-state index contributed by atoms with van der Waals surface area (Å²) in [6.07, 6.45) is 0. The molecule has 116 valence electrons. The molecule has 0 aliphatic rings. The van der Waals surface area contributed by atoms with Gasteiger partial charge in [-0.1, -0.05) is 13.0 Å². The lowest BCUT2D eigenvalue weighted by molar-refractivity contribution is -0.140. The summed E-state index contributed by atoms with van der Waals surface area (Å²) in [6.45, 7) is 1.28. The number of carbonyl (C=O) groups excluding carboxylic acids is 1. The van der Waals surface area contributed by atoms with E-state index in [0.717, 1.165) is 0 Å². The molecule has 8 heteroatoms. The Kier molecular flexibility index (Phi) is 5.71. The molecule has 7 nitrogen and oxygen atoms in total. The molecule has 1 amide bonds. The van der Waals surface area contributed by atoms with Crippen LogP contribution in [-0.2, 0) is 19.4 Å². The summed E-state index contributed by atoms with van der Waals surface area (Å²) in [4.78, 5) is 22.3. The van der Waals surface area contributed by atoms with Gasteiger partial charge in [0.25, 0.3) is 0 Å². The molecule has 0 heterocycles. The average Bonchev–Trinajstić information content (AvgIpc) is 2.37. The second-order valence-electron chi connectivity index (χ2n) is 4.57. The highest BCUT2D eigenvalue weighted by molar-refractivity contribution is 7.92. The molecule has 2 N–H and O–H groups in total. The van der Waals surface area contributed by atoms with Crippen LogP contribution in [0.3, 0.4) is 0 Å². The number of hydrogen-bond donors (Lipinski definition) is 2. The number of carbonyl (C=O) groups is 2. The van der Waals surface area contributed by atoms with Crippen LogP contribution in [-0.4, -0.2) is 44.0 Å². The summed E-state index contributed by atoms with van der Waals surface area (Å²) in [7, 11) is -2.31. The van der Waals surface area contributed by atoms with Gasteiger partial charge >= 0.3 is 5.97 Å². The van der Waals surface area contributed by atoms with Crippen LogP contribution in [0.15, 0.2) is 24.3 Å². The number of aliphatic carboxylic acids is 1. The Morgan fingerprint density at radius 2 is 2.05 bits per heavy atom. The maximum atomic E-state index is 11.7. The van der Waals surface area contributed by atoms with Gasteiger partial charge in [-0.05, 0) is 12.1 Å². The van der Waals surface area contributed by atoms with Crippen LogP contribution in [0.5, 0.6) is 5.75 Å². The summed E-state index contributed by atoms with van der Waals surface area (Å²) in [6, 6.07) is 6.47. The number of carboxylic acid groups (broad SMARTS) is 1. The minimum atomic E-state index is -3.78. The average molecular weight is 315 g/mol. The van der Waals surface area contributed by atoms with Gasteiger partial charge in [-0.15, -0.1) is 0 Å². The monoisotopic (exact) mass is 315 g/mol. The minimum absolute atomic E-state index is 0.404. The Bertz CT molecular complexity index is 625. The normalized spacial score (nSPS) is 12.5. The minimum Gasteiger partial charge on any atom is -0.497 e. The van der Waals surface area contributed by atoms with E-state index in [-0.39, 0.29) is 0 Å². The molecule has 1 atom stereocenters. The maximum absolute atomic E-state index is 11.7. The second-order valence-corrected chi connectivity index (χ2v) is 6.68. The molecule has 0 aromatic heterocycles. The van der Waals surface area contributed by atoms with E-state index in [1.807, 2.05) is 0 Å². The lowest BCUT2D eigenvalue weighted by atomic mass is 10.2. The van der Waals surface area contributed by atoms with Gasteiger partial charge < -0.3 is 15.2 Å². The first kappa shape index (κ1) is 17.0. The van der Waals surface area contributed by atoms with E-state index in [1.165, 1.54) is 14.0 Å². The van der Waals surface area contributed by atoms with Crippen molar-refractivity contribution in [2.45, 2.75) is 6.92 Å². The first-order chi connectivity index (χ1) is 9.73. The van der Waals surface area contributed by atoms with Crippen molar-refractivity contribution in [3.8, 4) is 5.75 Å². The number of ether oxygens (including phenoxy) is 1. The SMILES string of the molecule is COc1cccc(NC(=O)CS(=O)(=O)CC(C)C(=O)O)c1. The van der Waals surface area contributed by atoms with Gasteiger partial charge in [0.2, 0.25) is 5.91 Å². The predicted molar refractivity (Wildman–Crippen MR) is 77.1 cm³/mol. The Morgan fingerprint density at radius 3 is 2.62 bits per heavy atom. The third-order valence-electron chi connectivity index (χ3n) is 2.63. The number of amides is 1. The van der Waals surface area contributed by atoms with Crippen molar-refractivity contribution in [2.75, 3.05) is 23.9 Å². The summed E-state index contributed by atoms with van der Waals surface area (Å²) in [5.41, 5.74) is 0.404. The van der Waals surface area contributed by atoms with Crippen LogP contribution >= 0.6 is 0 Å². The van der Waals surface area contributed by atoms with Crippen molar-refractivity contribution in [1.82, 2.24) is 0 Å². The van der Waals surface area contributed by atoms with E-state index in [4.69, 9.17) is 9.84 Å². The van der Waals surface area contributed by atoms with Gasteiger partial charge in [0.05, 0.1) is 18.8 Å². The zero-order valence-electron chi connectivity index (χ0n) is 11.7. The third kappa shape index (κ3) is 5.82. The molecule has 1 aromatic carbocycles. The fourth-order valence-corrected chi connectivity index (χ4v) is 3.10. The Hall–Kier alpha value is -2.09. The number of anilines is 1. The molecule has 0 spiro atoms. The fraction of sp³-hybridized carbons (Fsp3) is 0.385. The van der Waals surface area contributed by atoms with E-state index in [2.05, 4.69) is 5.32 Å². The smallest absolute Gasteiger partial charge is 0.307 e. The van der Waals surface area contributed by atoms with Gasteiger partial charge in [0, 0.05) is 11.8 Å². The Balaban J connectivity index is 2.66. The highest BCUT2D eigenvalue weighted by Crippen LogP contribution is 2.16. The van der Waals surface area contributed by atoms with Gasteiger partial charge in [-0.3, -0.25) is 9.59 Å². The topological polar surface area (TPSA) is 110 Å². The largest absolute Gasteiger partial charge is 0.497 e. The van der Waals surface area contributed by atoms with Crippen LogP contribution in [0.2, 0.25) is 0 Å². The molecule has 0 aliphatic carbocycles. The summed E-state index contributed by atoms with van der Waals surface area (Å²) >= 11 is 0. The Morgan fingerprint density at radius 1 is 1.38 bits per heavy atom. The van der Waals surface area contributed by atoms with Crippen molar-refractivity contribution < 1.29 is 27.9 Å². The van der Waals surface area contributed by atoms with Crippen LogP contribution in [0, 0.1) is 5.92 Å². The summed E-state index contributed by atoms with van der Waals surface area (Å²) in [5.74, 6) is -3.81. The van der Waals surface area contributed by atoms with E-state index in [1.54, 1.807) is 24.3 Å². The van der Waals surface area contributed by atoms with Crippen molar-refractivity contribution in [3.63, 3.8) is 0 Å². The third-order valence-corrected chi connectivity index (χ3v) is 4.34. The van der Waals surface area contributed by atoms with E-state index in [9.17, 15) is 18.0 Å². The number of sulfone groups is 1. The molecular formula is C13H17NO6S. The first-order valence-electron chi connectivity index (χ1n) is 6.10. The highest BCUT2D eigenvalue weighted by Gasteiger charge is 2.23. The number of carboxylic acids is 1. The molecule has 1 rings (SSSR count). The summed E-state index contributed by atoms with van der Waals surface area (Å²) in [5, 5.41) is 11.1. The van der Waals surface area contributed by atoms with Gasteiger partial charge in [0.15, 0.2) is 9.84 Å². The fourth-order valence-electron chi connectivity index (χ4n) is 1.61. The van der Waals surface area contributed by atoms with E-state index < -0.39 is 39.1 Å². The van der Waals surface area contributed by atoms with E-state index in [0.29, 0.717) is 11.4 Å². The van der Waals surface area contributed by atoms with Crippen molar-refractivity contribution in [1.29, 1.82) is 0 Å². The molecular weight excluding hydrogens is 298 g/mol. The number of hydrogen-bond acceptors (Lipinski definition) is 5. The molecule has 0 bridgehead atoms. The van der Waals surface area contributed by atoms with Gasteiger partial charge in [-0.2, -0.15) is 0 Å². The lowest BCUT2D eigenvalue weighted by Crippen LogP contribution is -2.29. The van der Waals surface area contributed by atoms with Gasteiger partial charge in [-0.25, -0.2) is 8.42 Å². The zero-order valence-corrected chi connectivity index (χ0v) is 12.5. The molecule has 0 fully saturated rings.